The smallest absolute Gasteiger partial charge is 0.132 e. The minimum absolute atomic E-state index is 0.650. The maximum atomic E-state index is 5.52. The third-order valence-corrected chi connectivity index (χ3v) is 1.63. The summed E-state index contributed by atoms with van der Waals surface area (Å²) < 4.78 is 5.26. The van der Waals surface area contributed by atoms with Gasteiger partial charge in [0.25, 0.3) is 0 Å². The summed E-state index contributed by atoms with van der Waals surface area (Å²) in [4.78, 5) is 0.784. The van der Waals surface area contributed by atoms with Crippen LogP contribution in [0.5, 0.6) is 5.75 Å². The van der Waals surface area contributed by atoms with E-state index >= 15 is 0 Å². The minimum Gasteiger partial charge on any atom is -0.493 e. The third-order valence-electron chi connectivity index (χ3n) is 1.28. The maximum Gasteiger partial charge on any atom is 0.132 e. The molecule has 1 aromatic carbocycles. The van der Waals surface area contributed by atoms with Gasteiger partial charge in [0.15, 0.2) is 0 Å². The predicted molar refractivity (Wildman–Crippen MR) is 49.3 cm³/mol. The van der Waals surface area contributed by atoms with Crippen molar-refractivity contribution in [1.29, 1.82) is 0 Å². The van der Waals surface area contributed by atoms with Gasteiger partial charge < -0.3 is 10.5 Å². The molecular formula is C8H11NOS. The molecule has 0 radical (unpaired) electrons. The van der Waals surface area contributed by atoms with Crippen molar-refractivity contribution < 1.29 is 4.74 Å². The molecule has 60 valence electrons. The summed E-state index contributed by atoms with van der Waals surface area (Å²) >= 11 is 4.20. The second-order valence-corrected chi connectivity index (χ2v) is 2.64. The van der Waals surface area contributed by atoms with Crippen LogP contribution in [0.2, 0.25) is 0 Å². The fourth-order valence-corrected chi connectivity index (χ4v) is 1.10. The quantitative estimate of drug-likeness (QED) is 0.524. The number of rotatable bonds is 2. The van der Waals surface area contributed by atoms with Crippen LogP contribution in [-0.2, 0) is 0 Å². The zero-order valence-electron chi connectivity index (χ0n) is 6.37. The van der Waals surface area contributed by atoms with Crippen LogP contribution in [0, 0.1) is 0 Å². The van der Waals surface area contributed by atoms with Crippen LogP contribution in [0.15, 0.2) is 23.1 Å². The summed E-state index contributed by atoms with van der Waals surface area (Å²) in [5, 5.41) is 0. The summed E-state index contributed by atoms with van der Waals surface area (Å²) in [5.74, 6) is 0.782. The first-order valence-corrected chi connectivity index (χ1v) is 3.90. The molecule has 0 fully saturated rings. The van der Waals surface area contributed by atoms with Crippen molar-refractivity contribution in [2.45, 2.75) is 11.8 Å². The van der Waals surface area contributed by atoms with E-state index in [4.69, 9.17) is 10.5 Å². The first-order valence-electron chi connectivity index (χ1n) is 3.45. The number of benzene rings is 1. The predicted octanol–water partition coefficient (Wildman–Crippen LogP) is 1.96. The van der Waals surface area contributed by atoms with E-state index < -0.39 is 0 Å². The van der Waals surface area contributed by atoms with Crippen molar-refractivity contribution in [1.82, 2.24) is 0 Å². The molecular weight excluding hydrogens is 158 g/mol. The Morgan fingerprint density at radius 1 is 1.55 bits per heavy atom. The first-order chi connectivity index (χ1) is 5.24. The number of nitrogen functional groups attached to an aromatic ring is 1. The second kappa shape index (κ2) is 3.53. The Morgan fingerprint density at radius 2 is 2.27 bits per heavy atom. The zero-order chi connectivity index (χ0) is 8.27. The molecule has 0 aliphatic heterocycles. The molecule has 0 amide bonds. The average molecular weight is 169 g/mol. The van der Waals surface area contributed by atoms with Gasteiger partial charge in [-0.15, -0.1) is 12.6 Å². The van der Waals surface area contributed by atoms with Gasteiger partial charge in [0.1, 0.15) is 5.75 Å². The molecule has 3 heteroatoms. The van der Waals surface area contributed by atoms with Gasteiger partial charge in [0, 0.05) is 10.6 Å². The molecule has 0 aliphatic rings. The number of thiol groups is 1. The van der Waals surface area contributed by atoms with E-state index in [2.05, 4.69) is 12.6 Å². The Balaban J connectivity index is 2.90. The Labute approximate surface area is 71.8 Å². The van der Waals surface area contributed by atoms with Crippen molar-refractivity contribution >= 4 is 18.3 Å². The highest BCUT2D eigenvalue weighted by Gasteiger charge is 1.97. The molecule has 1 rings (SSSR count). The number of anilines is 1. The van der Waals surface area contributed by atoms with Gasteiger partial charge >= 0.3 is 0 Å². The average Bonchev–Trinajstić information content (AvgIpc) is 1.95. The number of hydrogen-bond donors (Lipinski definition) is 2. The molecule has 2 nitrogen and oxygen atoms in total. The fourth-order valence-electron chi connectivity index (χ4n) is 0.812. The van der Waals surface area contributed by atoms with Gasteiger partial charge in [-0.2, -0.15) is 0 Å². The minimum atomic E-state index is 0.650. The maximum absolute atomic E-state index is 5.52. The van der Waals surface area contributed by atoms with E-state index in [0.717, 1.165) is 10.6 Å². The molecule has 0 unspecified atom stereocenters. The Kier molecular flexibility index (Phi) is 2.65. The Morgan fingerprint density at radius 3 is 2.82 bits per heavy atom. The van der Waals surface area contributed by atoms with Crippen molar-refractivity contribution in [3.05, 3.63) is 18.2 Å². The summed E-state index contributed by atoms with van der Waals surface area (Å²) in [6.07, 6.45) is 0. The Bertz CT molecular complexity index is 250. The van der Waals surface area contributed by atoms with Gasteiger partial charge in [0.2, 0.25) is 0 Å². The van der Waals surface area contributed by atoms with Gasteiger partial charge in [-0.1, -0.05) is 0 Å². The molecule has 0 heterocycles. The molecule has 0 aliphatic carbocycles. The normalized spacial score (nSPS) is 9.64. The highest BCUT2D eigenvalue weighted by molar-refractivity contribution is 7.80. The van der Waals surface area contributed by atoms with Crippen molar-refractivity contribution in [3.8, 4) is 5.75 Å². The molecule has 0 spiro atoms. The molecule has 0 aromatic heterocycles. The molecule has 0 bridgehead atoms. The van der Waals surface area contributed by atoms with Crippen molar-refractivity contribution in [2.24, 2.45) is 0 Å². The Hall–Kier alpha value is -0.830. The molecule has 0 atom stereocenters. The first kappa shape index (κ1) is 8.27. The summed E-state index contributed by atoms with van der Waals surface area (Å²) in [6, 6.07) is 5.39. The topological polar surface area (TPSA) is 35.2 Å². The lowest BCUT2D eigenvalue weighted by atomic mass is 10.3. The second-order valence-electron chi connectivity index (χ2n) is 2.16. The zero-order valence-corrected chi connectivity index (χ0v) is 7.27. The van der Waals surface area contributed by atoms with Crippen LogP contribution < -0.4 is 10.5 Å². The van der Waals surface area contributed by atoms with Crippen LogP contribution in [0.4, 0.5) is 5.69 Å². The molecule has 1 aromatic rings. The molecule has 0 saturated heterocycles. The van der Waals surface area contributed by atoms with Crippen molar-refractivity contribution in [3.63, 3.8) is 0 Å². The van der Waals surface area contributed by atoms with Crippen LogP contribution >= 0.6 is 12.6 Å². The van der Waals surface area contributed by atoms with Gasteiger partial charge in [0.05, 0.1) is 6.61 Å². The van der Waals surface area contributed by atoms with E-state index in [1.165, 1.54) is 0 Å². The van der Waals surface area contributed by atoms with Crippen LogP contribution in [0.25, 0.3) is 0 Å². The highest BCUT2D eigenvalue weighted by atomic mass is 32.1. The summed E-state index contributed by atoms with van der Waals surface area (Å²) in [5.41, 5.74) is 6.23. The van der Waals surface area contributed by atoms with Gasteiger partial charge in [-0.05, 0) is 25.1 Å². The van der Waals surface area contributed by atoms with Gasteiger partial charge in [-0.25, -0.2) is 0 Å². The summed E-state index contributed by atoms with van der Waals surface area (Å²) in [6.45, 7) is 2.58. The number of nitrogens with two attached hydrogens (primary N) is 1. The van der Waals surface area contributed by atoms with E-state index in [0.29, 0.717) is 12.3 Å². The monoisotopic (exact) mass is 169 g/mol. The lowest BCUT2D eigenvalue weighted by molar-refractivity contribution is 0.332. The van der Waals surface area contributed by atoms with Crippen LogP contribution in [0.1, 0.15) is 6.92 Å². The van der Waals surface area contributed by atoms with Gasteiger partial charge in [-0.3, -0.25) is 0 Å². The standard InChI is InChI=1S/C8H11NOS/c1-2-10-7-4-3-6(9)5-8(7)11/h3-5,11H,2,9H2,1H3. The van der Waals surface area contributed by atoms with Crippen LogP contribution in [0.3, 0.4) is 0 Å². The highest BCUT2D eigenvalue weighted by Crippen LogP contribution is 2.24. The number of ether oxygens (including phenoxy) is 1. The van der Waals surface area contributed by atoms with E-state index in [-0.39, 0.29) is 0 Å². The third kappa shape index (κ3) is 2.05. The molecule has 2 N–H and O–H groups in total. The van der Waals surface area contributed by atoms with E-state index in [9.17, 15) is 0 Å². The van der Waals surface area contributed by atoms with E-state index in [1.807, 2.05) is 13.0 Å². The largest absolute Gasteiger partial charge is 0.493 e. The number of hydrogen-bond acceptors (Lipinski definition) is 3. The van der Waals surface area contributed by atoms with E-state index in [1.54, 1.807) is 12.1 Å². The fraction of sp³-hybridized carbons (Fsp3) is 0.250. The van der Waals surface area contributed by atoms with Crippen LogP contribution in [-0.4, -0.2) is 6.61 Å². The molecule has 0 saturated carbocycles. The van der Waals surface area contributed by atoms with Crippen molar-refractivity contribution in [2.75, 3.05) is 12.3 Å². The lowest BCUT2D eigenvalue weighted by Gasteiger charge is -2.05. The lowest BCUT2D eigenvalue weighted by Crippen LogP contribution is -1.93. The molecule has 11 heavy (non-hydrogen) atoms. The SMILES string of the molecule is CCOc1ccc(N)cc1S. The summed E-state index contributed by atoms with van der Waals surface area (Å²) in [7, 11) is 0.